The molecule has 0 aliphatic heterocycles. The van der Waals surface area contributed by atoms with E-state index in [0.717, 1.165) is 10.8 Å². The molecule has 2 aromatic rings. The number of carboxylic acids is 1. The first kappa shape index (κ1) is 11.9. The molecule has 2 rings (SSSR count). The van der Waals surface area contributed by atoms with E-state index in [1.807, 2.05) is 30.3 Å². The van der Waals surface area contributed by atoms with Gasteiger partial charge in [-0.25, -0.2) is 4.79 Å². The van der Waals surface area contributed by atoms with E-state index >= 15 is 0 Å². The van der Waals surface area contributed by atoms with Gasteiger partial charge >= 0.3 is 31.0 Å². The van der Waals surface area contributed by atoms with Crippen LogP contribution in [-0.2, 0) is 21.5 Å². The molecule has 0 heterocycles. The summed E-state index contributed by atoms with van der Waals surface area (Å²) in [5, 5.41) is 10.6. The SMILES string of the molecule is O=C(O)c1cccc2ccccc12.[OH][Au]. The average Bonchev–Trinajstić information content (AvgIpc) is 2.31. The van der Waals surface area contributed by atoms with Gasteiger partial charge in [0, 0.05) is 0 Å². The van der Waals surface area contributed by atoms with Gasteiger partial charge in [0.2, 0.25) is 0 Å². The van der Waals surface area contributed by atoms with Crippen molar-refractivity contribution in [1.29, 1.82) is 0 Å². The Balaban J connectivity index is 0.000000531. The van der Waals surface area contributed by atoms with Crippen LogP contribution in [0.25, 0.3) is 10.8 Å². The molecular weight excluding hydrogens is 377 g/mol. The third-order valence-corrected chi connectivity index (χ3v) is 2.02. The van der Waals surface area contributed by atoms with Crippen molar-refractivity contribution < 1.29 is 35.0 Å². The Morgan fingerprint density at radius 2 is 1.60 bits per heavy atom. The van der Waals surface area contributed by atoms with Crippen LogP contribution in [0.3, 0.4) is 0 Å². The molecule has 0 unspecified atom stereocenters. The summed E-state index contributed by atoms with van der Waals surface area (Å²) in [6.45, 7) is 0. The fourth-order valence-corrected chi connectivity index (χ4v) is 1.41. The molecule has 0 bridgehead atoms. The number of carboxylic acid groups (broad SMARTS) is 1. The molecule has 0 atom stereocenters. The van der Waals surface area contributed by atoms with Crippen LogP contribution in [0, 0.1) is 0 Å². The summed E-state index contributed by atoms with van der Waals surface area (Å²) in [5.41, 5.74) is 0.359. The second-order valence-electron chi connectivity index (χ2n) is 2.83. The van der Waals surface area contributed by atoms with Crippen LogP contribution in [0.5, 0.6) is 0 Å². The predicted molar refractivity (Wildman–Crippen MR) is 53.1 cm³/mol. The van der Waals surface area contributed by atoms with E-state index < -0.39 is 5.97 Å². The van der Waals surface area contributed by atoms with Gasteiger partial charge in [-0.1, -0.05) is 36.4 Å². The fraction of sp³-hybridized carbons (Fsp3) is 0. The van der Waals surface area contributed by atoms with Gasteiger partial charge in [0.15, 0.2) is 0 Å². The first-order chi connectivity index (χ1) is 7.29. The van der Waals surface area contributed by atoms with E-state index in [0.29, 0.717) is 5.56 Å². The Bertz CT molecular complexity index is 463. The van der Waals surface area contributed by atoms with Crippen molar-refractivity contribution in [2.45, 2.75) is 0 Å². The molecule has 0 aliphatic carbocycles. The summed E-state index contributed by atoms with van der Waals surface area (Å²) in [4.78, 5) is 10.8. The van der Waals surface area contributed by atoms with E-state index in [4.69, 9.17) is 8.72 Å². The minimum absolute atomic E-state index is 0.359. The van der Waals surface area contributed by atoms with E-state index in [-0.39, 0.29) is 0 Å². The molecule has 0 amide bonds. The number of carbonyl (C=O) groups is 1. The zero-order chi connectivity index (χ0) is 11.3. The molecule has 0 fully saturated rings. The third-order valence-electron chi connectivity index (χ3n) is 2.02. The van der Waals surface area contributed by atoms with Gasteiger partial charge in [0.25, 0.3) is 0 Å². The molecule has 0 aromatic heterocycles. The molecule has 15 heavy (non-hydrogen) atoms. The molecule has 0 radical (unpaired) electrons. The first-order valence-corrected chi connectivity index (χ1v) is 5.10. The molecule has 2 N–H and O–H groups in total. The summed E-state index contributed by atoms with van der Waals surface area (Å²) in [7, 11) is 0. The normalized spacial score (nSPS) is 9.27. The van der Waals surface area contributed by atoms with E-state index in [1.54, 1.807) is 12.1 Å². The Kier molecular flexibility index (Phi) is 4.52. The molecular formula is C11H9AuO3. The second kappa shape index (κ2) is 5.68. The quantitative estimate of drug-likeness (QED) is 0.738. The van der Waals surface area contributed by atoms with Crippen LogP contribution in [0.2, 0.25) is 0 Å². The number of rotatable bonds is 1. The summed E-state index contributed by atoms with van der Waals surface area (Å²) in [6.07, 6.45) is 0. The third kappa shape index (κ3) is 2.67. The Morgan fingerprint density at radius 1 is 1.00 bits per heavy atom. The average molecular weight is 386 g/mol. The number of benzene rings is 2. The summed E-state index contributed by atoms with van der Waals surface area (Å²) in [6, 6.07) is 12.7. The number of hydrogen-bond donors (Lipinski definition) is 2. The van der Waals surface area contributed by atoms with Crippen molar-refractivity contribution in [1.82, 2.24) is 0 Å². The predicted octanol–water partition coefficient (Wildman–Crippen LogP) is 1.98. The zero-order valence-electron chi connectivity index (χ0n) is 7.65. The van der Waals surface area contributed by atoms with Gasteiger partial charge in [-0.15, -0.1) is 0 Å². The Labute approximate surface area is 99.8 Å². The minimum atomic E-state index is -0.878. The second-order valence-corrected chi connectivity index (χ2v) is 2.83. The van der Waals surface area contributed by atoms with Gasteiger partial charge in [-0.2, -0.15) is 0 Å². The van der Waals surface area contributed by atoms with Crippen molar-refractivity contribution in [3.63, 3.8) is 0 Å². The van der Waals surface area contributed by atoms with Crippen molar-refractivity contribution in [2.24, 2.45) is 0 Å². The number of fused-ring (bicyclic) bond motifs is 1. The van der Waals surface area contributed by atoms with Crippen molar-refractivity contribution >= 4 is 16.7 Å². The van der Waals surface area contributed by atoms with Crippen molar-refractivity contribution in [2.75, 3.05) is 0 Å². The number of hydrogen-bond acceptors (Lipinski definition) is 2. The maximum atomic E-state index is 10.8. The van der Waals surface area contributed by atoms with Gasteiger partial charge in [0.1, 0.15) is 0 Å². The van der Waals surface area contributed by atoms with Crippen molar-refractivity contribution in [3.05, 3.63) is 48.0 Å². The zero-order valence-corrected chi connectivity index (χ0v) is 9.81. The molecule has 2 aromatic carbocycles. The van der Waals surface area contributed by atoms with Gasteiger partial charge < -0.3 is 5.11 Å². The monoisotopic (exact) mass is 386 g/mol. The van der Waals surface area contributed by atoms with E-state index in [2.05, 4.69) is 0 Å². The first-order valence-electron chi connectivity index (χ1n) is 4.13. The van der Waals surface area contributed by atoms with E-state index in [9.17, 15) is 4.79 Å². The summed E-state index contributed by atoms with van der Waals surface area (Å²) < 4.78 is 6.94. The van der Waals surface area contributed by atoms with Gasteiger partial charge in [-0.3, -0.25) is 0 Å². The molecule has 82 valence electrons. The molecule has 0 aliphatic rings. The van der Waals surface area contributed by atoms with Crippen LogP contribution in [-0.4, -0.2) is 14.7 Å². The molecule has 0 saturated carbocycles. The van der Waals surface area contributed by atoms with Gasteiger partial charge in [-0.05, 0) is 16.8 Å². The van der Waals surface area contributed by atoms with Crippen LogP contribution in [0.4, 0.5) is 0 Å². The van der Waals surface area contributed by atoms with Crippen LogP contribution >= 0.6 is 0 Å². The van der Waals surface area contributed by atoms with Crippen LogP contribution in [0.1, 0.15) is 10.4 Å². The molecule has 0 saturated heterocycles. The van der Waals surface area contributed by atoms with Gasteiger partial charge in [0.05, 0.1) is 5.56 Å². The molecule has 3 nitrogen and oxygen atoms in total. The topological polar surface area (TPSA) is 57.5 Å². The Morgan fingerprint density at radius 3 is 2.27 bits per heavy atom. The van der Waals surface area contributed by atoms with E-state index in [1.165, 1.54) is 21.5 Å². The van der Waals surface area contributed by atoms with Crippen molar-refractivity contribution in [3.8, 4) is 0 Å². The standard InChI is InChI=1S/C11H8O2.Au.H2O/c12-11(13)10-7-3-5-8-4-1-2-6-9(8)10;;/h1-7H,(H,12,13);;1H2/q;+1;/p-1. The molecule has 4 heteroatoms. The summed E-state index contributed by atoms with van der Waals surface area (Å²) >= 11 is 1.28. The van der Waals surface area contributed by atoms with Crippen LogP contribution in [0.15, 0.2) is 42.5 Å². The molecule has 0 spiro atoms. The van der Waals surface area contributed by atoms with Crippen LogP contribution < -0.4 is 0 Å². The summed E-state index contributed by atoms with van der Waals surface area (Å²) in [5.74, 6) is -0.878. The Hall–Kier alpha value is -1.13. The fourth-order valence-electron chi connectivity index (χ4n) is 1.41. The number of aromatic carboxylic acids is 1. The maximum absolute atomic E-state index is 10.8.